The lowest BCUT2D eigenvalue weighted by atomic mass is 10.3. The SMILES string of the molecule is CON(I=O)c1ccc(OC(=O)O)cc1. The molecule has 1 aromatic carbocycles. The lowest BCUT2D eigenvalue weighted by Gasteiger charge is -2.11. The smallest absolute Gasteiger partial charge is 0.449 e. The van der Waals surface area contributed by atoms with E-state index in [1.807, 2.05) is 0 Å². The molecule has 1 N–H and O–H groups in total. The number of hydrogen-bond donors (Lipinski definition) is 1. The average Bonchev–Trinajstić information content (AvgIpc) is 2.21. The van der Waals surface area contributed by atoms with Crippen molar-refractivity contribution in [2.24, 2.45) is 0 Å². The van der Waals surface area contributed by atoms with E-state index in [4.69, 9.17) is 9.94 Å². The highest BCUT2D eigenvalue weighted by Crippen LogP contribution is 2.23. The number of rotatable bonds is 4. The van der Waals surface area contributed by atoms with Crippen LogP contribution in [0.3, 0.4) is 0 Å². The molecule has 15 heavy (non-hydrogen) atoms. The van der Waals surface area contributed by atoms with Crippen LogP contribution in [0.25, 0.3) is 0 Å². The fourth-order valence-electron chi connectivity index (χ4n) is 0.906. The van der Waals surface area contributed by atoms with Gasteiger partial charge in [0.05, 0.1) is 12.8 Å². The lowest BCUT2D eigenvalue weighted by molar-refractivity contribution is 0.144. The van der Waals surface area contributed by atoms with Gasteiger partial charge in [-0.25, -0.2) is 7.86 Å². The number of benzene rings is 1. The Hall–Kier alpha value is -1.22. The normalized spacial score (nSPS) is 9.67. The molecule has 82 valence electrons. The predicted molar refractivity (Wildman–Crippen MR) is 59.3 cm³/mol. The first-order chi connectivity index (χ1) is 7.17. The van der Waals surface area contributed by atoms with Gasteiger partial charge in [0.25, 0.3) is 21.5 Å². The summed E-state index contributed by atoms with van der Waals surface area (Å²) in [4.78, 5) is 15.0. The van der Waals surface area contributed by atoms with Crippen LogP contribution in [0.4, 0.5) is 10.5 Å². The van der Waals surface area contributed by atoms with Crippen LogP contribution in [0.15, 0.2) is 24.3 Å². The maximum absolute atomic E-state index is 10.7. The quantitative estimate of drug-likeness (QED) is 0.301. The van der Waals surface area contributed by atoms with Crippen molar-refractivity contribution in [1.29, 1.82) is 0 Å². The minimum absolute atomic E-state index is 0.200. The first kappa shape index (κ1) is 11.9. The topological polar surface area (TPSA) is 76.1 Å². The monoisotopic (exact) mass is 325 g/mol. The number of nitrogens with zero attached hydrogens (tertiary/aromatic N) is 1. The molecule has 7 heteroatoms. The Labute approximate surface area is 96.4 Å². The molecule has 0 bridgehead atoms. The number of carbonyl (C=O) groups is 1. The first-order valence-electron chi connectivity index (χ1n) is 3.80. The average molecular weight is 325 g/mol. The minimum Gasteiger partial charge on any atom is -0.449 e. The summed E-state index contributed by atoms with van der Waals surface area (Å²) in [5, 5.41) is 8.34. The zero-order chi connectivity index (χ0) is 11.3. The van der Waals surface area contributed by atoms with Gasteiger partial charge in [0.2, 0.25) is 0 Å². The second-order valence-corrected chi connectivity index (χ2v) is 3.63. The fourth-order valence-corrected chi connectivity index (χ4v) is 1.62. The van der Waals surface area contributed by atoms with Crippen molar-refractivity contribution in [2.45, 2.75) is 0 Å². The summed E-state index contributed by atoms with van der Waals surface area (Å²) in [6.07, 6.45) is -1.37. The molecule has 0 atom stereocenters. The standard InChI is InChI=1S/C8H8INO5/c1-14-10(9-13)6-2-4-7(5-3-6)15-8(11)12/h2-5H,1H3,(H,11,12). The second-order valence-electron chi connectivity index (χ2n) is 2.36. The number of anilines is 1. The van der Waals surface area contributed by atoms with Crippen LogP contribution in [0.2, 0.25) is 0 Å². The minimum atomic E-state index is -1.46. The Morgan fingerprint density at radius 1 is 1.40 bits per heavy atom. The van der Waals surface area contributed by atoms with Crippen LogP contribution in [0.1, 0.15) is 0 Å². The van der Waals surface area contributed by atoms with Gasteiger partial charge in [0.1, 0.15) is 5.75 Å². The van der Waals surface area contributed by atoms with Crippen molar-refractivity contribution < 1.29 is 22.5 Å². The third-order valence-corrected chi connectivity index (χ3v) is 2.78. The van der Waals surface area contributed by atoms with Gasteiger partial charge in [0, 0.05) is 0 Å². The third-order valence-electron chi connectivity index (χ3n) is 1.47. The molecule has 0 radical (unpaired) electrons. The zero-order valence-electron chi connectivity index (χ0n) is 7.71. The van der Waals surface area contributed by atoms with Gasteiger partial charge in [0.15, 0.2) is 0 Å². The molecule has 1 aromatic rings. The number of ether oxygens (including phenoxy) is 1. The molecule has 0 saturated carbocycles. The van der Waals surface area contributed by atoms with Crippen LogP contribution in [0.5, 0.6) is 5.75 Å². The molecule has 0 amide bonds. The van der Waals surface area contributed by atoms with E-state index in [9.17, 15) is 7.86 Å². The molecule has 0 saturated heterocycles. The van der Waals surface area contributed by atoms with Crippen LogP contribution in [0, 0.1) is 0 Å². The maximum Gasteiger partial charge on any atom is 0.511 e. The molecule has 0 fully saturated rings. The molecule has 0 unspecified atom stereocenters. The van der Waals surface area contributed by atoms with E-state index in [2.05, 4.69) is 4.74 Å². The Kier molecular flexibility index (Phi) is 4.43. The lowest BCUT2D eigenvalue weighted by Crippen LogP contribution is -2.07. The molecule has 0 aliphatic heterocycles. The van der Waals surface area contributed by atoms with Gasteiger partial charge in [-0.2, -0.15) is 3.28 Å². The van der Waals surface area contributed by atoms with E-state index in [-0.39, 0.29) is 5.75 Å². The molecule has 0 spiro atoms. The molecular weight excluding hydrogens is 317 g/mol. The predicted octanol–water partition coefficient (Wildman–Crippen LogP) is 2.34. The molecular formula is C8H8INO5. The van der Waals surface area contributed by atoms with Crippen molar-refractivity contribution in [3.05, 3.63) is 24.3 Å². The van der Waals surface area contributed by atoms with Crippen LogP contribution < -0.4 is 8.01 Å². The number of carboxylic acid groups (broad SMARTS) is 1. The van der Waals surface area contributed by atoms with Crippen LogP contribution in [-0.2, 0) is 7.91 Å². The fraction of sp³-hybridized carbons (Fsp3) is 0.125. The molecule has 6 nitrogen and oxygen atoms in total. The molecule has 1 rings (SSSR count). The van der Waals surface area contributed by atoms with E-state index in [0.29, 0.717) is 5.69 Å². The number of halogens is 1. The van der Waals surface area contributed by atoms with E-state index < -0.39 is 27.6 Å². The van der Waals surface area contributed by atoms with Crippen LogP contribution in [-0.4, -0.2) is 18.4 Å². The van der Waals surface area contributed by atoms with E-state index in [0.717, 1.165) is 0 Å². The summed E-state index contributed by atoms with van der Waals surface area (Å²) in [6, 6.07) is 6.02. The van der Waals surface area contributed by atoms with E-state index in [1.165, 1.54) is 22.5 Å². The van der Waals surface area contributed by atoms with Crippen molar-refractivity contribution >= 4 is 33.3 Å². The summed E-state index contributed by atoms with van der Waals surface area (Å²) in [6.45, 7) is 0. The van der Waals surface area contributed by atoms with Crippen LogP contribution >= 0.6 is 21.5 Å². The van der Waals surface area contributed by atoms with Gasteiger partial charge < -0.3 is 9.84 Å². The van der Waals surface area contributed by atoms with Crippen molar-refractivity contribution in [2.75, 3.05) is 10.4 Å². The van der Waals surface area contributed by atoms with Gasteiger partial charge in [-0.3, -0.25) is 4.84 Å². The Balaban J connectivity index is 2.79. The van der Waals surface area contributed by atoms with E-state index in [1.54, 1.807) is 12.1 Å². The molecule has 0 aromatic heterocycles. The third kappa shape index (κ3) is 3.44. The highest BCUT2D eigenvalue weighted by Gasteiger charge is 2.06. The van der Waals surface area contributed by atoms with Gasteiger partial charge >= 0.3 is 6.16 Å². The summed E-state index contributed by atoms with van der Waals surface area (Å²) in [5.74, 6) is 0.200. The Morgan fingerprint density at radius 3 is 2.40 bits per heavy atom. The molecule has 0 heterocycles. The maximum atomic E-state index is 10.7. The Bertz CT molecular complexity index is 353. The number of hydrogen-bond acceptors (Lipinski definition) is 4. The van der Waals surface area contributed by atoms with Crippen molar-refractivity contribution in [1.82, 2.24) is 0 Å². The summed E-state index contributed by atoms with van der Waals surface area (Å²) < 4.78 is 16.3. The largest absolute Gasteiger partial charge is 0.511 e. The second kappa shape index (κ2) is 5.61. The summed E-state index contributed by atoms with van der Waals surface area (Å²) >= 11 is -1.46. The summed E-state index contributed by atoms with van der Waals surface area (Å²) in [7, 11) is 1.40. The molecule has 0 aliphatic rings. The van der Waals surface area contributed by atoms with Gasteiger partial charge in [-0.05, 0) is 24.3 Å². The molecule has 0 aliphatic carbocycles. The van der Waals surface area contributed by atoms with E-state index >= 15 is 0 Å². The van der Waals surface area contributed by atoms with Gasteiger partial charge in [-0.1, -0.05) is 0 Å². The van der Waals surface area contributed by atoms with Crippen molar-refractivity contribution in [3.63, 3.8) is 0 Å². The highest BCUT2D eigenvalue weighted by atomic mass is 127. The first-order valence-corrected chi connectivity index (χ1v) is 5.64. The highest BCUT2D eigenvalue weighted by molar-refractivity contribution is 14.1. The van der Waals surface area contributed by atoms with Gasteiger partial charge in [-0.15, -0.1) is 0 Å². The van der Waals surface area contributed by atoms with Crippen molar-refractivity contribution in [3.8, 4) is 5.75 Å². The Morgan fingerprint density at radius 2 is 2.00 bits per heavy atom. The zero-order valence-corrected chi connectivity index (χ0v) is 9.87. The summed E-state index contributed by atoms with van der Waals surface area (Å²) in [5.41, 5.74) is 0.582.